The Morgan fingerprint density at radius 2 is 1.40 bits per heavy atom. The molecule has 368 valence electrons. The fraction of sp³-hybridized carbons (Fsp3) is 0.308. The molecule has 0 saturated carbocycles. The number of nitrogens with zero attached hydrogens (tertiary/aromatic N) is 1. The number of rotatable bonds is 27. The monoisotopic (exact) mass is 959 g/mol. The van der Waals surface area contributed by atoms with Crippen LogP contribution in [0.5, 0.6) is 5.75 Å². The van der Waals surface area contributed by atoms with Gasteiger partial charge in [-0.1, -0.05) is 118 Å². The van der Waals surface area contributed by atoms with E-state index in [1.165, 1.54) is 37.3 Å². The summed E-state index contributed by atoms with van der Waals surface area (Å²) < 4.78 is 22.5. The Kier molecular flexibility index (Phi) is 20.7. The van der Waals surface area contributed by atoms with Crippen LogP contribution in [-0.4, -0.2) is 78.4 Å². The number of unbranched alkanes of at least 4 members (excludes halogenated alkanes) is 2. The van der Waals surface area contributed by atoms with Crippen molar-refractivity contribution in [2.45, 2.75) is 84.6 Å². The average Bonchev–Trinajstić information content (AvgIpc) is 3.87. The maximum absolute atomic E-state index is 13.8. The largest absolute Gasteiger partial charge is 0.481 e. The molecule has 70 heavy (non-hydrogen) atoms. The molecule has 0 radical (unpaired) electrons. The second-order valence-corrected chi connectivity index (χ2v) is 16.0. The summed E-state index contributed by atoms with van der Waals surface area (Å²) in [6.07, 6.45) is 2.05. The molecule has 1 heterocycles. The number of amides is 5. The van der Waals surface area contributed by atoms with Crippen LogP contribution in [0, 0.1) is 5.92 Å². The van der Waals surface area contributed by atoms with Crippen molar-refractivity contribution < 1.29 is 61.8 Å². The normalized spacial score (nSPS) is 11.9. The molecule has 4 N–H and O–H groups in total. The second kappa shape index (κ2) is 27.5. The molecule has 0 fully saturated rings. The molecule has 5 amide bonds. The van der Waals surface area contributed by atoms with Crippen molar-refractivity contribution in [1.29, 1.82) is 0 Å². The van der Waals surface area contributed by atoms with Gasteiger partial charge in [-0.25, -0.2) is 14.4 Å². The third-order valence-electron chi connectivity index (χ3n) is 10.7. The SMILES string of the molecule is CCCCC[C@@H](C(=O)NCNC(=O)c1ccc(-c2ccc(C(=O)N[C@@H](CC(C)=O)C(=O)OCc3ccccc3)c(OCC(=O)OCc3ccccc3)c2)o1)[C@@H](CC)N(C=O)OC(=O)Nc1ccccc1. The van der Waals surface area contributed by atoms with Crippen molar-refractivity contribution in [2.24, 2.45) is 5.92 Å². The Balaban J connectivity index is 1.27. The predicted octanol–water partition coefficient (Wildman–Crippen LogP) is 7.29. The quantitative estimate of drug-likeness (QED) is 0.0133. The van der Waals surface area contributed by atoms with Crippen molar-refractivity contribution >= 4 is 53.6 Å². The summed E-state index contributed by atoms with van der Waals surface area (Å²) in [4.78, 5) is 109. The van der Waals surface area contributed by atoms with Crippen LogP contribution in [0.15, 0.2) is 126 Å². The third-order valence-corrected chi connectivity index (χ3v) is 10.7. The number of Topliss-reactive ketones (excluding diaryl/α,β-unsaturated/α-hetero) is 1. The van der Waals surface area contributed by atoms with Gasteiger partial charge in [0.05, 0.1) is 24.2 Å². The molecule has 0 aliphatic carbocycles. The van der Waals surface area contributed by atoms with E-state index in [0.717, 1.165) is 23.5 Å². The summed E-state index contributed by atoms with van der Waals surface area (Å²) in [5.41, 5.74) is 2.10. The standard InChI is InChI=1S/C52H57N5O13/c1-4-6-10-23-40(43(5-2)57(34-58)70-52(65)55-39-21-15-9-16-22-39)48(61)53-33-54-50(63)45-27-26-44(69-45)38-24-25-41(46(29-38)66-32-47(60)67-30-36-17-11-7-12-18-36)49(62)56-42(28-35(3)59)51(64)68-31-37-19-13-8-14-20-37/h7-9,11-22,24-27,29,34,40,42-43H,4-6,10,23,28,30-33H2,1-3H3,(H,53,61)(H,54,63)(H,55,65)(H,56,62)/t40-,42+,43-/m1/s1. The van der Waals surface area contributed by atoms with Gasteiger partial charge in [-0.3, -0.25) is 29.3 Å². The molecule has 3 atom stereocenters. The minimum absolute atomic E-state index is 0.0304. The minimum atomic E-state index is -1.36. The van der Waals surface area contributed by atoms with Crippen LogP contribution in [0.3, 0.4) is 0 Å². The molecule has 18 heteroatoms. The molecule has 5 aromatic rings. The molecule has 5 rings (SSSR count). The van der Waals surface area contributed by atoms with Gasteiger partial charge in [-0.2, -0.15) is 5.06 Å². The van der Waals surface area contributed by atoms with Gasteiger partial charge in [0.15, 0.2) is 12.4 Å². The highest BCUT2D eigenvalue weighted by Gasteiger charge is 2.34. The molecule has 0 bridgehead atoms. The number of ether oxygens (including phenoxy) is 3. The topological polar surface area (TPSA) is 238 Å². The zero-order valence-electron chi connectivity index (χ0n) is 39.2. The van der Waals surface area contributed by atoms with Gasteiger partial charge in [-0.05, 0) is 67.3 Å². The molecular weight excluding hydrogens is 903 g/mol. The van der Waals surface area contributed by atoms with E-state index in [-0.39, 0.29) is 61.3 Å². The van der Waals surface area contributed by atoms with Gasteiger partial charge in [0, 0.05) is 17.7 Å². The summed E-state index contributed by atoms with van der Waals surface area (Å²) in [7, 11) is 0. The van der Waals surface area contributed by atoms with Crippen LogP contribution < -0.4 is 26.0 Å². The first-order chi connectivity index (χ1) is 33.9. The van der Waals surface area contributed by atoms with Gasteiger partial charge < -0.3 is 39.4 Å². The van der Waals surface area contributed by atoms with E-state index in [9.17, 15) is 38.4 Å². The van der Waals surface area contributed by atoms with Crippen molar-refractivity contribution in [3.05, 3.63) is 144 Å². The number of hydroxylamine groups is 2. The predicted molar refractivity (Wildman–Crippen MR) is 255 cm³/mol. The van der Waals surface area contributed by atoms with Crippen molar-refractivity contribution in [3.8, 4) is 17.1 Å². The molecular formula is C52H57N5O13. The summed E-state index contributed by atoms with van der Waals surface area (Å²) in [6, 6.07) is 31.3. The first-order valence-corrected chi connectivity index (χ1v) is 22.8. The van der Waals surface area contributed by atoms with E-state index in [1.807, 2.05) is 13.0 Å². The number of carbonyl (C=O) groups excluding carboxylic acids is 8. The number of hydrogen-bond acceptors (Lipinski definition) is 13. The highest BCUT2D eigenvalue weighted by Crippen LogP contribution is 2.30. The van der Waals surface area contributed by atoms with Crippen molar-refractivity contribution in [2.75, 3.05) is 18.6 Å². The summed E-state index contributed by atoms with van der Waals surface area (Å²) in [5.74, 6) is -4.88. The molecule has 0 spiro atoms. The second-order valence-electron chi connectivity index (χ2n) is 16.0. The molecule has 18 nitrogen and oxygen atoms in total. The maximum atomic E-state index is 13.8. The van der Waals surface area contributed by atoms with Gasteiger partial charge in [0.2, 0.25) is 12.3 Å². The number of para-hydroxylation sites is 1. The van der Waals surface area contributed by atoms with Crippen LogP contribution in [-0.2, 0) is 51.5 Å². The molecule has 1 aromatic heterocycles. The Bertz CT molecular complexity index is 2540. The van der Waals surface area contributed by atoms with Gasteiger partial charge in [0.25, 0.3) is 11.8 Å². The summed E-state index contributed by atoms with van der Waals surface area (Å²) in [6.45, 7) is 3.97. The lowest BCUT2D eigenvalue weighted by Crippen LogP contribution is -2.49. The van der Waals surface area contributed by atoms with Crippen LogP contribution >= 0.6 is 0 Å². The number of esters is 2. The van der Waals surface area contributed by atoms with E-state index in [4.69, 9.17) is 23.5 Å². The van der Waals surface area contributed by atoms with Crippen molar-refractivity contribution in [1.82, 2.24) is 21.0 Å². The van der Waals surface area contributed by atoms with Crippen molar-refractivity contribution in [3.63, 3.8) is 0 Å². The van der Waals surface area contributed by atoms with E-state index in [1.54, 1.807) is 91.9 Å². The Morgan fingerprint density at radius 3 is 2.03 bits per heavy atom. The molecule has 4 aromatic carbocycles. The number of benzene rings is 4. The Hall–Kier alpha value is -8.28. The fourth-order valence-electron chi connectivity index (χ4n) is 7.17. The number of hydrogen-bond donors (Lipinski definition) is 4. The van der Waals surface area contributed by atoms with Gasteiger partial charge in [-0.15, -0.1) is 0 Å². The van der Waals surface area contributed by atoms with Gasteiger partial charge >= 0.3 is 18.0 Å². The summed E-state index contributed by atoms with van der Waals surface area (Å²) >= 11 is 0. The van der Waals surface area contributed by atoms with E-state index in [2.05, 4.69) is 21.3 Å². The van der Waals surface area contributed by atoms with Crippen LogP contribution in [0.4, 0.5) is 10.5 Å². The fourth-order valence-corrected chi connectivity index (χ4v) is 7.17. The number of anilines is 1. The van der Waals surface area contributed by atoms with E-state index >= 15 is 0 Å². The lowest BCUT2D eigenvalue weighted by Gasteiger charge is -2.31. The smallest absolute Gasteiger partial charge is 0.436 e. The number of nitrogens with one attached hydrogen (secondary N) is 4. The summed E-state index contributed by atoms with van der Waals surface area (Å²) in [5, 5.41) is 11.2. The molecule has 0 aliphatic rings. The molecule has 0 unspecified atom stereocenters. The highest BCUT2D eigenvalue weighted by molar-refractivity contribution is 6.00. The number of ketones is 1. The molecule has 0 saturated heterocycles. The first kappa shape index (κ1) is 52.7. The first-order valence-electron chi connectivity index (χ1n) is 22.8. The molecule has 0 aliphatic heterocycles. The van der Waals surface area contributed by atoms with Crippen LogP contribution in [0.25, 0.3) is 11.3 Å². The Morgan fingerprint density at radius 1 is 0.743 bits per heavy atom. The third kappa shape index (κ3) is 16.5. The highest BCUT2D eigenvalue weighted by atomic mass is 16.7. The maximum Gasteiger partial charge on any atom is 0.436 e. The zero-order valence-corrected chi connectivity index (χ0v) is 39.2. The van der Waals surface area contributed by atoms with Gasteiger partial charge in [0.1, 0.15) is 36.5 Å². The van der Waals surface area contributed by atoms with Crippen LogP contribution in [0.2, 0.25) is 0 Å². The number of furan rings is 1. The lowest BCUT2D eigenvalue weighted by atomic mass is 9.90. The average molecular weight is 960 g/mol. The zero-order chi connectivity index (χ0) is 50.3. The van der Waals surface area contributed by atoms with E-state index < -0.39 is 60.4 Å². The Labute approximate surface area is 405 Å². The lowest BCUT2D eigenvalue weighted by molar-refractivity contribution is -0.167. The van der Waals surface area contributed by atoms with Crippen LogP contribution in [0.1, 0.15) is 91.3 Å². The van der Waals surface area contributed by atoms with E-state index in [0.29, 0.717) is 36.1 Å². The minimum Gasteiger partial charge on any atom is -0.481 e. The number of carbonyl (C=O) groups is 8.